The van der Waals surface area contributed by atoms with E-state index in [9.17, 15) is 13.2 Å². The van der Waals surface area contributed by atoms with Crippen LogP contribution in [-0.2, 0) is 27.7 Å². The van der Waals surface area contributed by atoms with E-state index in [1.165, 1.54) is 12.1 Å². The summed E-state index contributed by atoms with van der Waals surface area (Å²) >= 11 is 0. The second kappa shape index (κ2) is 8.51. The Morgan fingerprint density at radius 2 is 1.74 bits per heavy atom. The molecule has 8 heteroatoms. The summed E-state index contributed by atoms with van der Waals surface area (Å²) in [7, 11) is -3.44. The maximum absolute atomic E-state index is 13.4. The van der Waals surface area contributed by atoms with Gasteiger partial charge in [0.1, 0.15) is 5.75 Å². The minimum atomic E-state index is -3.44. The zero-order valence-corrected chi connectivity index (χ0v) is 18.9. The van der Waals surface area contributed by atoms with Gasteiger partial charge in [0.25, 0.3) is 5.91 Å². The minimum Gasteiger partial charge on any atom is -0.490 e. The number of carbonyl (C=O) groups excluding carboxylic acids is 1. The number of hydrogen-bond acceptors (Lipinski definition) is 6. The zero-order valence-electron chi connectivity index (χ0n) is 18.1. The number of nitrogens with zero attached hydrogens (tertiary/aromatic N) is 2. The van der Waals surface area contributed by atoms with Crippen molar-refractivity contribution in [3.05, 3.63) is 53.1 Å². The number of fused-ring (bicyclic) bond motifs is 1. The summed E-state index contributed by atoms with van der Waals surface area (Å²) in [6, 6.07) is 10.8. The first kappa shape index (κ1) is 21.6. The van der Waals surface area contributed by atoms with Crippen molar-refractivity contribution in [1.29, 1.82) is 0 Å². The van der Waals surface area contributed by atoms with Crippen LogP contribution in [0.1, 0.15) is 35.3 Å². The quantitative estimate of drug-likeness (QED) is 0.706. The highest BCUT2D eigenvalue weighted by molar-refractivity contribution is 7.90. The Kier molecular flexibility index (Phi) is 5.94. The van der Waals surface area contributed by atoms with Crippen molar-refractivity contribution < 1.29 is 22.7 Å². The number of anilines is 1. The number of rotatable bonds is 5. The summed E-state index contributed by atoms with van der Waals surface area (Å²) in [5.74, 6) is 0.169. The molecule has 0 aromatic heterocycles. The Morgan fingerprint density at radius 3 is 2.42 bits per heavy atom. The van der Waals surface area contributed by atoms with E-state index in [1.54, 1.807) is 11.0 Å². The molecule has 2 aromatic rings. The number of benzene rings is 2. The molecular formula is C23H28N2O5S. The molecule has 7 nitrogen and oxygen atoms in total. The van der Waals surface area contributed by atoms with Gasteiger partial charge in [-0.2, -0.15) is 0 Å². The SMILES string of the molecule is CC(C)Oc1ccc(S(C)(=O)=O)cc1C(=O)N1Cc2ccc(N3CCOCC3)cc2C1. The number of amides is 1. The molecule has 1 amide bonds. The molecule has 0 radical (unpaired) electrons. The molecule has 0 aliphatic carbocycles. The summed E-state index contributed by atoms with van der Waals surface area (Å²) < 4.78 is 35.3. The van der Waals surface area contributed by atoms with E-state index >= 15 is 0 Å². The number of sulfone groups is 1. The highest BCUT2D eigenvalue weighted by Gasteiger charge is 2.28. The van der Waals surface area contributed by atoms with Gasteiger partial charge in [-0.1, -0.05) is 6.07 Å². The number of hydrogen-bond donors (Lipinski definition) is 0. The van der Waals surface area contributed by atoms with Crippen molar-refractivity contribution in [3.8, 4) is 5.75 Å². The monoisotopic (exact) mass is 444 g/mol. The number of ether oxygens (including phenoxy) is 2. The average Bonchev–Trinajstić information content (AvgIpc) is 3.16. The molecule has 166 valence electrons. The van der Waals surface area contributed by atoms with Gasteiger partial charge in [0.15, 0.2) is 9.84 Å². The van der Waals surface area contributed by atoms with Crippen LogP contribution < -0.4 is 9.64 Å². The zero-order chi connectivity index (χ0) is 22.2. The third-order valence-corrected chi connectivity index (χ3v) is 6.66. The third-order valence-electron chi connectivity index (χ3n) is 5.55. The van der Waals surface area contributed by atoms with Crippen LogP contribution in [-0.4, -0.2) is 57.9 Å². The predicted molar refractivity (Wildman–Crippen MR) is 118 cm³/mol. The van der Waals surface area contributed by atoms with Gasteiger partial charge in [-0.25, -0.2) is 8.42 Å². The molecule has 0 N–H and O–H groups in total. The van der Waals surface area contributed by atoms with E-state index in [4.69, 9.17) is 9.47 Å². The molecule has 1 fully saturated rings. The van der Waals surface area contributed by atoms with Gasteiger partial charge in [-0.15, -0.1) is 0 Å². The smallest absolute Gasteiger partial charge is 0.258 e. The fourth-order valence-corrected chi connectivity index (χ4v) is 4.62. The van der Waals surface area contributed by atoms with E-state index in [1.807, 2.05) is 13.8 Å². The largest absolute Gasteiger partial charge is 0.490 e. The van der Waals surface area contributed by atoms with Crippen molar-refractivity contribution in [2.45, 2.75) is 37.9 Å². The summed E-state index contributed by atoms with van der Waals surface area (Å²) in [4.78, 5) is 17.5. The first-order valence-electron chi connectivity index (χ1n) is 10.5. The van der Waals surface area contributed by atoms with Crippen LogP contribution in [0.5, 0.6) is 5.75 Å². The summed E-state index contributed by atoms with van der Waals surface area (Å²) in [6.07, 6.45) is 1.00. The van der Waals surface area contributed by atoms with Gasteiger partial charge in [0, 0.05) is 38.1 Å². The van der Waals surface area contributed by atoms with Crippen LogP contribution in [0.2, 0.25) is 0 Å². The first-order chi connectivity index (χ1) is 14.7. The molecule has 1 saturated heterocycles. The molecule has 4 rings (SSSR count). The Morgan fingerprint density at radius 1 is 1.03 bits per heavy atom. The maximum atomic E-state index is 13.4. The molecule has 0 spiro atoms. The highest BCUT2D eigenvalue weighted by Crippen LogP contribution is 2.32. The van der Waals surface area contributed by atoms with Crippen molar-refractivity contribution in [1.82, 2.24) is 4.90 Å². The van der Waals surface area contributed by atoms with Crippen LogP contribution >= 0.6 is 0 Å². The molecule has 0 saturated carbocycles. The van der Waals surface area contributed by atoms with E-state index < -0.39 is 9.84 Å². The third kappa shape index (κ3) is 4.70. The lowest BCUT2D eigenvalue weighted by atomic mass is 10.1. The Labute approximate surface area is 183 Å². The molecule has 0 bridgehead atoms. The minimum absolute atomic E-state index is 0.110. The molecule has 31 heavy (non-hydrogen) atoms. The lowest BCUT2D eigenvalue weighted by Crippen LogP contribution is -2.36. The Bertz CT molecular complexity index is 1090. The van der Waals surface area contributed by atoms with E-state index in [0.29, 0.717) is 18.8 Å². The molecule has 2 heterocycles. The number of carbonyl (C=O) groups is 1. The van der Waals surface area contributed by atoms with Crippen LogP contribution in [0.4, 0.5) is 5.69 Å². The van der Waals surface area contributed by atoms with Gasteiger partial charge in [-0.3, -0.25) is 4.79 Å². The summed E-state index contributed by atoms with van der Waals surface area (Å²) in [5.41, 5.74) is 3.64. The lowest BCUT2D eigenvalue weighted by Gasteiger charge is -2.29. The standard InChI is InChI=1S/C23H28N2O5S/c1-16(2)30-22-7-6-20(31(3,27)28)13-21(22)23(26)25-14-17-4-5-19(12-18(17)15-25)24-8-10-29-11-9-24/h4-7,12-13,16H,8-11,14-15H2,1-3H3. The van der Waals surface area contributed by atoms with Crippen molar-refractivity contribution in [2.24, 2.45) is 0 Å². The lowest BCUT2D eigenvalue weighted by molar-refractivity contribution is 0.0745. The van der Waals surface area contributed by atoms with E-state index in [0.717, 1.165) is 49.4 Å². The van der Waals surface area contributed by atoms with E-state index in [2.05, 4.69) is 23.1 Å². The first-order valence-corrected chi connectivity index (χ1v) is 12.4. The second-order valence-corrected chi connectivity index (χ2v) is 10.3. The van der Waals surface area contributed by atoms with Crippen LogP contribution in [0, 0.1) is 0 Å². The van der Waals surface area contributed by atoms with Gasteiger partial charge in [0.2, 0.25) is 0 Å². The van der Waals surface area contributed by atoms with Crippen LogP contribution in [0.3, 0.4) is 0 Å². The highest BCUT2D eigenvalue weighted by atomic mass is 32.2. The maximum Gasteiger partial charge on any atom is 0.258 e. The van der Waals surface area contributed by atoms with E-state index in [-0.39, 0.29) is 22.5 Å². The van der Waals surface area contributed by atoms with Gasteiger partial charge in [0.05, 0.1) is 29.8 Å². The van der Waals surface area contributed by atoms with Crippen LogP contribution in [0.25, 0.3) is 0 Å². The fourth-order valence-electron chi connectivity index (χ4n) is 3.98. The Hall–Kier alpha value is -2.58. The average molecular weight is 445 g/mol. The molecule has 2 aromatic carbocycles. The fraction of sp³-hybridized carbons (Fsp3) is 0.435. The van der Waals surface area contributed by atoms with Crippen molar-refractivity contribution in [3.63, 3.8) is 0 Å². The molecule has 0 unspecified atom stereocenters. The predicted octanol–water partition coefficient (Wildman–Crippen LogP) is 2.87. The normalized spacial score (nSPS) is 16.5. The topological polar surface area (TPSA) is 76.2 Å². The van der Waals surface area contributed by atoms with Gasteiger partial charge in [-0.05, 0) is 55.3 Å². The van der Waals surface area contributed by atoms with Crippen molar-refractivity contribution >= 4 is 21.4 Å². The van der Waals surface area contributed by atoms with Gasteiger partial charge < -0.3 is 19.3 Å². The summed E-state index contributed by atoms with van der Waals surface area (Å²) in [6.45, 7) is 7.87. The second-order valence-electron chi connectivity index (χ2n) is 8.31. The molecule has 0 atom stereocenters. The Balaban J connectivity index is 1.60. The number of morpholine rings is 1. The molecule has 2 aliphatic heterocycles. The molecule has 2 aliphatic rings. The van der Waals surface area contributed by atoms with Crippen LogP contribution in [0.15, 0.2) is 41.3 Å². The molecular weight excluding hydrogens is 416 g/mol. The van der Waals surface area contributed by atoms with Crippen molar-refractivity contribution in [2.75, 3.05) is 37.5 Å². The van der Waals surface area contributed by atoms with Gasteiger partial charge >= 0.3 is 0 Å². The summed E-state index contributed by atoms with van der Waals surface area (Å²) in [5, 5.41) is 0.